The van der Waals surface area contributed by atoms with Crippen molar-refractivity contribution in [2.45, 2.75) is 70.1 Å². The molecular formula is C28H36Cl2N2O3. The molecule has 190 valence electrons. The Labute approximate surface area is 219 Å². The number of likely N-dealkylation sites (tertiary alicyclic amines) is 2. The van der Waals surface area contributed by atoms with Crippen molar-refractivity contribution in [2.24, 2.45) is 0 Å². The first-order valence-corrected chi connectivity index (χ1v) is 13.3. The van der Waals surface area contributed by atoms with Crippen LogP contribution < -0.4 is 4.74 Å². The molecule has 1 N–H and O–H groups in total. The van der Waals surface area contributed by atoms with E-state index in [1.165, 1.54) is 5.56 Å². The molecule has 2 aromatic rings. The summed E-state index contributed by atoms with van der Waals surface area (Å²) in [6.45, 7) is 10.1. The maximum Gasteiger partial charge on any atom is 0.325 e. The molecule has 0 amide bonds. The summed E-state index contributed by atoms with van der Waals surface area (Å²) in [5, 5.41) is 11.1. The molecule has 1 unspecified atom stereocenters. The average Bonchev–Trinajstić information content (AvgIpc) is 2.82. The van der Waals surface area contributed by atoms with E-state index in [1.54, 1.807) is 12.1 Å². The van der Waals surface area contributed by atoms with Crippen LogP contribution in [0.1, 0.15) is 63.6 Å². The predicted molar refractivity (Wildman–Crippen MR) is 142 cm³/mol. The van der Waals surface area contributed by atoms with Crippen LogP contribution in [0, 0.1) is 0 Å². The molecule has 5 nitrogen and oxygen atoms in total. The Bertz CT molecular complexity index is 1010. The summed E-state index contributed by atoms with van der Waals surface area (Å²) >= 11 is 12.1. The Balaban J connectivity index is 1.29. The maximum atomic E-state index is 12.2. The number of carboxylic acid groups (broad SMARTS) is 1. The topological polar surface area (TPSA) is 53.0 Å². The van der Waals surface area contributed by atoms with Gasteiger partial charge in [0.25, 0.3) is 0 Å². The van der Waals surface area contributed by atoms with Gasteiger partial charge in [0.2, 0.25) is 0 Å². The smallest absolute Gasteiger partial charge is 0.325 e. The number of nitrogens with zero attached hydrogens (tertiary/aromatic N) is 2. The van der Waals surface area contributed by atoms with Crippen LogP contribution in [0.3, 0.4) is 0 Å². The van der Waals surface area contributed by atoms with E-state index in [0.717, 1.165) is 63.2 Å². The zero-order chi connectivity index (χ0) is 25.2. The van der Waals surface area contributed by atoms with Crippen LogP contribution >= 0.6 is 23.2 Å². The van der Waals surface area contributed by atoms with Crippen LogP contribution in [0.25, 0.3) is 0 Å². The van der Waals surface area contributed by atoms with Gasteiger partial charge in [-0.25, -0.2) is 0 Å². The first-order valence-electron chi connectivity index (χ1n) is 12.5. The van der Waals surface area contributed by atoms with Crippen molar-refractivity contribution in [3.63, 3.8) is 0 Å². The molecule has 35 heavy (non-hydrogen) atoms. The summed E-state index contributed by atoms with van der Waals surface area (Å²) in [4.78, 5) is 16.9. The Morgan fingerprint density at radius 3 is 2.11 bits per heavy atom. The van der Waals surface area contributed by atoms with Crippen LogP contribution in [-0.4, -0.2) is 59.2 Å². The molecule has 0 spiro atoms. The number of benzene rings is 2. The van der Waals surface area contributed by atoms with E-state index in [2.05, 4.69) is 42.7 Å². The highest BCUT2D eigenvalue weighted by molar-refractivity contribution is 6.42. The van der Waals surface area contributed by atoms with Crippen LogP contribution in [-0.2, 0) is 10.2 Å². The predicted octanol–water partition coefficient (Wildman–Crippen LogP) is 6.42. The molecule has 2 aliphatic heterocycles. The highest BCUT2D eigenvalue weighted by atomic mass is 35.5. The Kier molecular flexibility index (Phi) is 8.32. The Hall–Kier alpha value is -1.79. The van der Waals surface area contributed by atoms with E-state index in [1.807, 2.05) is 18.2 Å². The monoisotopic (exact) mass is 518 g/mol. The largest absolute Gasteiger partial charge is 0.490 e. The highest BCUT2D eigenvalue weighted by Crippen LogP contribution is 2.31. The fourth-order valence-corrected chi connectivity index (χ4v) is 5.57. The SMILES string of the molecule is CC(C)(C)c1ccc(C(C(=O)O)N2CCC(N3CCC(Oc4ccc(Cl)c(Cl)c4)CC3)CC2)cc1. The lowest BCUT2D eigenvalue weighted by molar-refractivity contribution is -0.144. The normalized spacial score (nSPS) is 20.0. The number of hydrogen-bond acceptors (Lipinski definition) is 4. The second-order valence-electron chi connectivity index (χ2n) is 10.8. The Morgan fingerprint density at radius 1 is 0.943 bits per heavy atom. The summed E-state index contributed by atoms with van der Waals surface area (Å²) in [6.07, 6.45) is 4.09. The molecule has 0 radical (unpaired) electrons. The summed E-state index contributed by atoms with van der Waals surface area (Å²) < 4.78 is 6.14. The van der Waals surface area contributed by atoms with Crippen LogP contribution in [0.15, 0.2) is 42.5 Å². The van der Waals surface area contributed by atoms with E-state index in [0.29, 0.717) is 16.1 Å². The van der Waals surface area contributed by atoms with Gasteiger partial charge in [0, 0.05) is 38.3 Å². The van der Waals surface area contributed by atoms with Gasteiger partial charge in [-0.3, -0.25) is 9.69 Å². The fourth-order valence-electron chi connectivity index (χ4n) is 5.29. The van der Waals surface area contributed by atoms with Gasteiger partial charge in [-0.15, -0.1) is 0 Å². The number of hydrogen-bond donors (Lipinski definition) is 1. The van der Waals surface area contributed by atoms with E-state index in [-0.39, 0.29) is 11.5 Å². The van der Waals surface area contributed by atoms with Crippen molar-refractivity contribution < 1.29 is 14.6 Å². The summed E-state index contributed by atoms with van der Waals surface area (Å²) in [6, 6.07) is 13.4. The van der Waals surface area contributed by atoms with Crippen molar-refractivity contribution >= 4 is 29.2 Å². The minimum absolute atomic E-state index is 0.0515. The molecule has 2 heterocycles. The minimum atomic E-state index is -0.771. The first-order chi connectivity index (χ1) is 16.6. The molecule has 0 aliphatic carbocycles. The molecule has 0 saturated carbocycles. The molecule has 1 atom stereocenters. The second kappa shape index (κ2) is 11.1. The van der Waals surface area contributed by atoms with Crippen molar-refractivity contribution in [1.82, 2.24) is 9.80 Å². The number of aliphatic carboxylic acids is 1. The van der Waals surface area contributed by atoms with Crippen molar-refractivity contribution in [3.05, 3.63) is 63.6 Å². The van der Waals surface area contributed by atoms with Crippen LogP contribution in [0.5, 0.6) is 5.75 Å². The number of carbonyl (C=O) groups is 1. The van der Waals surface area contributed by atoms with Gasteiger partial charge in [-0.05, 0) is 54.4 Å². The van der Waals surface area contributed by atoms with Gasteiger partial charge in [0.1, 0.15) is 17.9 Å². The number of rotatable bonds is 6. The van der Waals surface area contributed by atoms with Crippen LogP contribution in [0.4, 0.5) is 0 Å². The molecule has 2 aromatic carbocycles. The van der Waals surface area contributed by atoms with E-state index in [9.17, 15) is 9.90 Å². The molecule has 0 bridgehead atoms. The first kappa shape index (κ1) is 26.3. The lowest BCUT2D eigenvalue weighted by Crippen LogP contribution is -2.50. The highest BCUT2D eigenvalue weighted by Gasteiger charge is 2.34. The molecule has 7 heteroatoms. The third-order valence-corrected chi connectivity index (χ3v) is 8.12. The zero-order valence-electron chi connectivity index (χ0n) is 20.8. The van der Waals surface area contributed by atoms with Crippen molar-refractivity contribution in [1.29, 1.82) is 0 Å². The summed E-state index contributed by atoms with van der Waals surface area (Å²) in [5.41, 5.74) is 2.13. The molecular weight excluding hydrogens is 483 g/mol. The summed E-state index contributed by atoms with van der Waals surface area (Å²) in [5.74, 6) is -0.00590. The molecule has 2 aliphatic rings. The second-order valence-corrected chi connectivity index (χ2v) is 11.6. The van der Waals surface area contributed by atoms with Gasteiger partial charge in [0.15, 0.2) is 0 Å². The molecule has 2 fully saturated rings. The van der Waals surface area contributed by atoms with E-state index >= 15 is 0 Å². The molecule has 4 rings (SSSR count). The van der Waals surface area contributed by atoms with Gasteiger partial charge in [-0.1, -0.05) is 68.2 Å². The van der Waals surface area contributed by atoms with Gasteiger partial charge >= 0.3 is 5.97 Å². The summed E-state index contributed by atoms with van der Waals surface area (Å²) in [7, 11) is 0. The lowest BCUT2D eigenvalue weighted by Gasteiger charge is -2.43. The fraction of sp³-hybridized carbons (Fsp3) is 0.536. The minimum Gasteiger partial charge on any atom is -0.490 e. The quantitative estimate of drug-likeness (QED) is 0.477. The number of piperidine rings is 2. The maximum absolute atomic E-state index is 12.2. The van der Waals surface area contributed by atoms with Gasteiger partial charge in [-0.2, -0.15) is 0 Å². The van der Waals surface area contributed by atoms with Crippen LogP contribution in [0.2, 0.25) is 10.0 Å². The number of carboxylic acids is 1. The van der Waals surface area contributed by atoms with Gasteiger partial charge in [0.05, 0.1) is 10.0 Å². The van der Waals surface area contributed by atoms with Gasteiger partial charge < -0.3 is 14.7 Å². The molecule has 0 aromatic heterocycles. The van der Waals surface area contributed by atoms with E-state index in [4.69, 9.17) is 27.9 Å². The number of halogens is 2. The standard InChI is InChI=1S/C28H36Cl2N2O3/c1-28(2,3)20-6-4-19(5-7-20)26(27(33)34)32-14-10-21(11-15-32)31-16-12-22(13-17-31)35-23-8-9-24(29)25(30)18-23/h4-9,18,21-22,26H,10-17H2,1-3H3,(H,33,34). The van der Waals surface area contributed by atoms with E-state index < -0.39 is 12.0 Å². The van der Waals surface area contributed by atoms with Crippen molar-refractivity contribution in [2.75, 3.05) is 26.2 Å². The lowest BCUT2D eigenvalue weighted by atomic mass is 9.86. The average molecular weight is 520 g/mol. The number of ether oxygens (including phenoxy) is 1. The third kappa shape index (κ3) is 6.51. The Morgan fingerprint density at radius 2 is 1.57 bits per heavy atom. The van der Waals surface area contributed by atoms with Crippen molar-refractivity contribution in [3.8, 4) is 5.75 Å². The zero-order valence-corrected chi connectivity index (χ0v) is 22.4. The third-order valence-electron chi connectivity index (χ3n) is 7.38. The molecule has 2 saturated heterocycles.